The molecule has 18 heavy (non-hydrogen) atoms. The first-order valence-corrected chi connectivity index (χ1v) is 6.96. The summed E-state index contributed by atoms with van der Waals surface area (Å²) < 4.78 is 0. The molecular formula is C16H20O2. The van der Waals surface area contributed by atoms with Crippen LogP contribution in [0.1, 0.15) is 39.5 Å². The van der Waals surface area contributed by atoms with E-state index in [0.717, 1.165) is 25.7 Å². The maximum absolute atomic E-state index is 12.6. The number of carbonyl (C=O) groups excluding carboxylic acids is 2. The monoisotopic (exact) mass is 244 g/mol. The van der Waals surface area contributed by atoms with Gasteiger partial charge in [0.2, 0.25) is 0 Å². The third-order valence-corrected chi connectivity index (χ3v) is 4.96. The first-order chi connectivity index (χ1) is 8.58. The molecule has 0 aromatic rings. The van der Waals surface area contributed by atoms with Gasteiger partial charge in [-0.25, -0.2) is 0 Å². The molecule has 0 N–H and O–H groups in total. The minimum absolute atomic E-state index is 0.0188. The van der Waals surface area contributed by atoms with Gasteiger partial charge < -0.3 is 0 Å². The van der Waals surface area contributed by atoms with E-state index in [1.165, 1.54) is 11.1 Å². The van der Waals surface area contributed by atoms with Crippen LogP contribution in [0.4, 0.5) is 0 Å². The van der Waals surface area contributed by atoms with Crippen LogP contribution in [0, 0.1) is 23.7 Å². The molecule has 4 atom stereocenters. The number of carbonyl (C=O) groups is 2. The Morgan fingerprint density at radius 2 is 1.17 bits per heavy atom. The van der Waals surface area contributed by atoms with E-state index < -0.39 is 0 Å². The van der Waals surface area contributed by atoms with Crippen molar-refractivity contribution in [2.45, 2.75) is 39.5 Å². The van der Waals surface area contributed by atoms with Gasteiger partial charge in [0.05, 0.1) is 0 Å². The van der Waals surface area contributed by atoms with Crippen molar-refractivity contribution in [3.8, 4) is 0 Å². The van der Waals surface area contributed by atoms with Gasteiger partial charge in [-0.2, -0.15) is 0 Å². The standard InChI is InChI=1S/C16H20O2/c1-9-3-5-11-13(7-9)16(18)14-8-10(2)4-6-12(14)15(11)17/h3-4,11-14H,5-8H2,1-2H3/t11-,12+,13-,14-/m0/s1. The van der Waals surface area contributed by atoms with Crippen LogP contribution in [-0.4, -0.2) is 11.6 Å². The molecule has 0 saturated heterocycles. The maximum atomic E-state index is 12.6. The Labute approximate surface area is 108 Å². The van der Waals surface area contributed by atoms with E-state index >= 15 is 0 Å². The Hall–Kier alpha value is -1.18. The molecule has 0 aliphatic heterocycles. The van der Waals surface area contributed by atoms with Gasteiger partial charge in [0.25, 0.3) is 0 Å². The molecule has 2 nitrogen and oxygen atoms in total. The smallest absolute Gasteiger partial charge is 0.141 e. The SMILES string of the molecule is CC1=CC[C@@H]2C(=O)[C@@H]3CC=C(C)C[C@@H]3C(=O)[C@H]2C1. The van der Waals surface area contributed by atoms with Gasteiger partial charge in [0.15, 0.2) is 0 Å². The average molecular weight is 244 g/mol. The number of hydrogen-bond donors (Lipinski definition) is 0. The zero-order valence-electron chi connectivity index (χ0n) is 11.1. The fourth-order valence-corrected chi connectivity index (χ4v) is 3.91. The summed E-state index contributed by atoms with van der Waals surface area (Å²) in [5, 5.41) is 0. The second kappa shape index (κ2) is 4.18. The normalized spacial score (nSPS) is 39.7. The van der Waals surface area contributed by atoms with Gasteiger partial charge >= 0.3 is 0 Å². The Bertz CT molecular complexity index is 429. The Balaban J connectivity index is 1.94. The first-order valence-electron chi connectivity index (χ1n) is 6.96. The fraction of sp³-hybridized carbons (Fsp3) is 0.625. The van der Waals surface area contributed by atoms with Crippen molar-refractivity contribution in [1.29, 1.82) is 0 Å². The summed E-state index contributed by atoms with van der Waals surface area (Å²) >= 11 is 0. The number of hydrogen-bond acceptors (Lipinski definition) is 2. The largest absolute Gasteiger partial charge is 0.299 e. The van der Waals surface area contributed by atoms with Gasteiger partial charge in [0.1, 0.15) is 11.6 Å². The molecule has 1 saturated carbocycles. The summed E-state index contributed by atoms with van der Waals surface area (Å²) in [6, 6.07) is 0. The number of fused-ring (bicyclic) bond motifs is 2. The van der Waals surface area contributed by atoms with Gasteiger partial charge in [0, 0.05) is 23.7 Å². The molecule has 0 aromatic carbocycles. The molecule has 3 rings (SSSR count). The van der Waals surface area contributed by atoms with E-state index in [0.29, 0.717) is 11.6 Å². The Morgan fingerprint density at radius 3 is 1.61 bits per heavy atom. The van der Waals surface area contributed by atoms with Crippen LogP contribution in [0.5, 0.6) is 0 Å². The highest BCUT2D eigenvalue weighted by molar-refractivity contribution is 6.00. The zero-order valence-corrected chi connectivity index (χ0v) is 11.1. The molecule has 2 heteroatoms. The van der Waals surface area contributed by atoms with Gasteiger partial charge in [-0.05, 0) is 39.5 Å². The molecule has 0 aromatic heterocycles. The Morgan fingerprint density at radius 1 is 0.778 bits per heavy atom. The molecule has 0 amide bonds. The van der Waals surface area contributed by atoms with Crippen LogP contribution in [0.2, 0.25) is 0 Å². The Kier molecular flexibility index (Phi) is 2.76. The number of rotatable bonds is 0. The topological polar surface area (TPSA) is 34.1 Å². The van der Waals surface area contributed by atoms with Crippen molar-refractivity contribution in [2.24, 2.45) is 23.7 Å². The second-order valence-corrected chi connectivity index (χ2v) is 6.21. The fourth-order valence-electron chi connectivity index (χ4n) is 3.91. The van der Waals surface area contributed by atoms with Crippen molar-refractivity contribution in [3.05, 3.63) is 23.3 Å². The van der Waals surface area contributed by atoms with Crippen molar-refractivity contribution >= 4 is 11.6 Å². The van der Waals surface area contributed by atoms with Crippen molar-refractivity contribution in [3.63, 3.8) is 0 Å². The summed E-state index contributed by atoms with van der Waals surface area (Å²) in [5.41, 5.74) is 2.55. The van der Waals surface area contributed by atoms with Gasteiger partial charge in [-0.1, -0.05) is 23.3 Å². The quantitative estimate of drug-likeness (QED) is 0.614. The third kappa shape index (κ3) is 1.70. The maximum Gasteiger partial charge on any atom is 0.141 e. The molecule has 96 valence electrons. The molecular weight excluding hydrogens is 224 g/mol. The summed E-state index contributed by atoms with van der Waals surface area (Å²) in [5.74, 6) is 0.648. The zero-order chi connectivity index (χ0) is 12.9. The average Bonchev–Trinajstić information content (AvgIpc) is 2.35. The number of allylic oxidation sites excluding steroid dienone is 4. The van der Waals surface area contributed by atoms with Crippen LogP contribution in [0.15, 0.2) is 23.3 Å². The van der Waals surface area contributed by atoms with Crippen molar-refractivity contribution < 1.29 is 9.59 Å². The van der Waals surface area contributed by atoms with E-state index in [1.807, 2.05) is 0 Å². The molecule has 0 spiro atoms. The van der Waals surface area contributed by atoms with E-state index in [-0.39, 0.29) is 23.7 Å². The van der Waals surface area contributed by atoms with Crippen LogP contribution in [-0.2, 0) is 9.59 Å². The predicted molar refractivity (Wildman–Crippen MR) is 70.0 cm³/mol. The van der Waals surface area contributed by atoms with Gasteiger partial charge in [-0.15, -0.1) is 0 Å². The lowest BCUT2D eigenvalue weighted by Gasteiger charge is -2.42. The van der Waals surface area contributed by atoms with E-state index in [9.17, 15) is 9.59 Å². The highest BCUT2D eigenvalue weighted by atomic mass is 16.1. The van der Waals surface area contributed by atoms with E-state index in [4.69, 9.17) is 0 Å². The molecule has 3 aliphatic rings. The summed E-state index contributed by atoms with van der Waals surface area (Å²) in [4.78, 5) is 25.2. The molecule has 1 fully saturated rings. The van der Waals surface area contributed by atoms with Gasteiger partial charge in [-0.3, -0.25) is 9.59 Å². The lowest BCUT2D eigenvalue weighted by Crippen LogP contribution is -2.49. The molecule has 3 aliphatic carbocycles. The van der Waals surface area contributed by atoms with E-state index in [2.05, 4.69) is 26.0 Å². The van der Waals surface area contributed by atoms with Crippen LogP contribution in [0.3, 0.4) is 0 Å². The molecule has 0 radical (unpaired) electrons. The van der Waals surface area contributed by atoms with Crippen LogP contribution >= 0.6 is 0 Å². The number of ketones is 2. The third-order valence-electron chi connectivity index (χ3n) is 4.96. The first kappa shape index (κ1) is 11.9. The second-order valence-electron chi connectivity index (χ2n) is 6.21. The highest BCUT2D eigenvalue weighted by Gasteiger charge is 2.49. The minimum Gasteiger partial charge on any atom is -0.299 e. The van der Waals surface area contributed by atoms with Crippen LogP contribution in [0.25, 0.3) is 0 Å². The highest BCUT2D eigenvalue weighted by Crippen LogP contribution is 2.45. The lowest BCUT2D eigenvalue weighted by atomic mass is 9.59. The lowest BCUT2D eigenvalue weighted by molar-refractivity contribution is -0.147. The van der Waals surface area contributed by atoms with Crippen LogP contribution < -0.4 is 0 Å². The minimum atomic E-state index is -0.0192. The summed E-state index contributed by atoms with van der Waals surface area (Å²) in [7, 11) is 0. The molecule has 0 heterocycles. The molecule has 0 bridgehead atoms. The summed E-state index contributed by atoms with van der Waals surface area (Å²) in [6.07, 6.45) is 7.48. The number of Topliss-reactive ketones (excluding diaryl/α,β-unsaturated/α-hetero) is 2. The molecule has 0 unspecified atom stereocenters. The van der Waals surface area contributed by atoms with Crippen molar-refractivity contribution in [2.75, 3.05) is 0 Å². The van der Waals surface area contributed by atoms with Crippen molar-refractivity contribution in [1.82, 2.24) is 0 Å². The predicted octanol–water partition coefficient (Wildman–Crippen LogP) is 3.08. The summed E-state index contributed by atoms with van der Waals surface area (Å²) in [6.45, 7) is 4.15. The van der Waals surface area contributed by atoms with E-state index in [1.54, 1.807) is 0 Å².